The molecule has 0 aromatic heterocycles. The lowest BCUT2D eigenvalue weighted by Gasteiger charge is -2.25. The minimum absolute atomic E-state index is 0.408. The average molecular weight is 221 g/mol. The van der Waals surface area contributed by atoms with Crippen molar-refractivity contribution in [2.24, 2.45) is 0 Å². The van der Waals surface area contributed by atoms with Gasteiger partial charge in [0.2, 0.25) is 0 Å². The highest BCUT2D eigenvalue weighted by Gasteiger charge is 2.15. The van der Waals surface area contributed by atoms with E-state index in [-0.39, 0.29) is 0 Å². The molecule has 0 amide bonds. The van der Waals surface area contributed by atoms with Gasteiger partial charge in [0.15, 0.2) is 0 Å². The van der Waals surface area contributed by atoms with Gasteiger partial charge in [-0.15, -0.1) is 0 Å². The quantitative estimate of drug-likeness (QED) is 0.851. The van der Waals surface area contributed by atoms with Gasteiger partial charge in [0.05, 0.1) is 19.4 Å². The second-order valence-electron chi connectivity index (χ2n) is 4.26. The Hall–Kier alpha value is -1.22. The van der Waals surface area contributed by atoms with Gasteiger partial charge in [0.1, 0.15) is 5.75 Å². The third kappa shape index (κ3) is 2.67. The number of benzene rings is 1. The Bertz CT molecular complexity index is 346. The highest BCUT2D eigenvalue weighted by Crippen LogP contribution is 2.27. The molecule has 2 rings (SSSR count). The zero-order valence-electron chi connectivity index (χ0n) is 9.95. The molecule has 0 spiro atoms. The van der Waals surface area contributed by atoms with Gasteiger partial charge < -0.3 is 14.8 Å². The molecular weight excluding hydrogens is 202 g/mol. The minimum atomic E-state index is 0.408. The minimum Gasteiger partial charge on any atom is -0.495 e. The largest absolute Gasteiger partial charge is 0.495 e. The van der Waals surface area contributed by atoms with Gasteiger partial charge in [-0.05, 0) is 37.5 Å². The Kier molecular flexibility index (Phi) is 3.67. The number of rotatable bonds is 3. The fraction of sp³-hybridized carbons (Fsp3) is 0.538. The summed E-state index contributed by atoms with van der Waals surface area (Å²) in [5.41, 5.74) is 2.27. The molecule has 1 atom stereocenters. The summed E-state index contributed by atoms with van der Waals surface area (Å²) in [6.45, 7) is 3.75. The van der Waals surface area contributed by atoms with Crippen LogP contribution in [0, 0.1) is 6.92 Å². The molecule has 1 aliphatic rings. The zero-order valence-corrected chi connectivity index (χ0v) is 9.95. The fourth-order valence-corrected chi connectivity index (χ4v) is 1.99. The third-order valence-corrected chi connectivity index (χ3v) is 2.88. The second-order valence-corrected chi connectivity index (χ2v) is 4.26. The van der Waals surface area contributed by atoms with Gasteiger partial charge >= 0.3 is 0 Å². The van der Waals surface area contributed by atoms with Gasteiger partial charge in [-0.25, -0.2) is 0 Å². The number of anilines is 1. The Labute approximate surface area is 96.8 Å². The first-order valence-corrected chi connectivity index (χ1v) is 5.78. The van der Waals surface area contributed by atoms with Crippen LogP contribution < -0.4 is 10.1 Å². The van der Waals surface area contributed by atoms with E-state index in [9.17, 15) is 0 Å². The number of hydrogen-bond acceptors (Lipinski definition) is 3. The van der Waals surface area contributed by atoms with Gasteiger partial charge in [0, 0.05) is 12.6 Å². The summed E-state index contributed by atoms with van der Waals surface area (Å²) in [6, 6.07) is 6.62. The summed E-state index contributed by atoms with van der Waals surface area (Å²) in [5, 5.41) is 3.48. The molecule has 1 fully saturated rings. The molecule has 1 saturated heterocycles. The van der Waals surface area contributed by atoms with Crippen molar-refractivity contribution in [3.63, 3.8) is 0 Å². The van der Waals surface area contributed by atoms with E-state index in [1.165, 1.54) is 5.56 Å². The van der Waals surface area contributed by atoms with Crippen LogP contribution in [-0.2, 0) is 4.74 Å². The Morgan fingerprint density at radius 2 is 2.31 bits per heavy atom. The number of hydrogen-bond donors (Lipinski definition) is 1. The summed E-state index contributed by atoms with van der Waals surface area (Å²) in [5.74, 6) is 0.908. The van der Waals surface area contributed by atoms with Gasteiger partial charge in [-0.3, -0.25) is 0 Å². The molecule has 1 aromatic carbocycles. The molecule has 0 bridgehead atoms. The van der Waals surface area contributed by atoms with Crippen molar-refractivity contribution in [2.75, 3.05) is 25.6 Å². The summed E-state index contributed by atoms with van der Waals surface area (Å²) in [6.07, 6.45) is 2.29. The van der Waals surface area contributed by atoms with E-state index >= 15 is 0 Å². The number of methoxy groups -OCH3 is 1. The summed E-state index contributed by atoms with van der Waals surface area (Å²) in [4.78, 5) is 0. The van der Waals surface area contributed by atoms with Crippen LogP contribution in [0.1, 0.15) is 18.4 Å². The monoisotopic (exact) mass is 221 g/mol. The van der Waals surface area contributed by atoms with Crippen LogP contribution >= 0.6 is 0 Å². The number of nitrogens with one attached hydrogen (secondary N) is 1. The molecule has 1 aromatic rings. The maximum absolute atomic E-state index is 5.45. The van der Waals surface area contributed by atoms with Crippen molar-refractivity contribution in [2.45, 2.75) is 25.8 Å². The van der Waals surface area contributed by atoms with Crippen molar-refractivity contribution in [1.82, 2.24) is 0 Å². The molecule has 1 N–H and O–H groups in total. The Morgan fingerprint density at radius 1 is 1.44 bits per heavy atom. The van der Waals surface area contributed by atoms with Crippen LogP contribution in [0.2, 0.25) is 0 Å². The zero-order chi connectivity index (χ0) is 11.4. The molecule has 0 aliphatic carbocycles. The molecule has 1 aliphatic heterocycles. The van der Waals surface area contributed by atoms with Crippen LogP contribution in [-0.4, -0.2) is 26.4 Å². The molecule has 0 radical (unpaired) electrons. The smallest absolute Gasteiger partial charge is 0.142 e. The van der Waals surface area contributed by atoms with E-state index in [4.69, 9.17) is 9.47 Å². The molecule has 1 heterocycles. The van der Waals surface area contributed by atoms with E-state index in [1.807, 2.05) is 6.07 Å². The Morgan fingerprint density at radius 3 is 3.00 bits per heavy atom. The standard InChI is InChI=1S/C13H19NO2/c1-10-5-6-12(13(8-10)15-2)14-11-4-3-7-16-9-11/h5-6,8,11,14H,3-4,7,9H2,1-2H3. The summed E-state index contributed by atoms with van der Waals surface area (Å²) in [7, 11) is 1.71. The highest BCUT2D eigenvalue weighted by atomic mass is 16.5. The van der Waals surface area contributed by atoms with Crippen LogP contribution in [0.25, 0.3) is 0 Å². The van der Waals surface area contributed by atoms with Crippen LogP contribution in [0.5, 0.6) is 5.75 Å². The molecule has 1 unspecified atom stereocenters. The van der Waals surface area contributed by atoms with Crippen LogP contribution in [0.15, 0.2) is 18.2 Å². The van der Waals surface area contributed by atoms with Gasteiger partial charge in [-0.2, -0.15) is 0 Å². The number of aryl methyl sites for hydroxylation is 1. The summed E-state index contributed by atoms with van der Waals surface area (Å²) >= 11 is 0. The highest BCUT2D eigenvalue weighted by molar-refractivity contribution is 5.58. The van der Waals surface area contributed by atoms with Crippen molar-refractivity contribution in [3.05, 3.63) is 23.8 Å². The van der Waals surface area contributed by atoms with E-state index in [0.29, 0.717) is 6.04 Å². The third-order valence-electron chi connectivity index (χ3n) is 2.88. The van der Waals surface area contributed by atoms with E-state index < -0.39 is 0 Å². The topological polar surface area (TPSA) is 30.5 Å². The molecule has 3 nitrogen and oxygen atoms in total. The lowest BCUT2D eigenvalue weighted by molar-refractivity contribution is 0.0875. The SMILES string of the molecule is COc1cc(C)ccc1NC1CCCOC1. The van der Waals surface area contributed by atoms with Crippen molar-refractivity contribution in [3.8, 4) is 5.75 Å². The first-order valence-electron chi connectivity index (χ1n) is 5.78. The molecule has 88 valence electrons. The first kappa shape index (κ1) is 11.3. The van der Waals surface area contributed by atoms with Crippen LogP contribution in [0.4, 0.5) is 5.69 Å². The van der Waals surface area contributed by atoms with Crippen molar-refractivity contribution >= 4 is 5.69 Å². The second kappa shape index (κ2) is 5.21. The van der Waals surface area contributed by atoms with Gasteiger partial charge in [-0.1, -0.05) is 6.07 Å². The van der Waals surface area contributed by atoms with Gasteiger partial charge in [0.25, 0.3) is 0 Å². The molecule has 0 saturated carbocycles. The van der Waals surface area contributed by atoms with E-state index in [2.05, 4.69) is 24.4 Å². The summed E-state index contributed by atoms with van der Waals surface area (Å²) < 4.78 is 10.8. The first-order chi connectivity index (χ1) is 7.79. The normalized spacial score (nSPS) is 20.5. The number of ether oxygens (including phenoxy) is 2. The maximum atomic E-state index is 5.45. The maximum Gasteiger partial charge on any atom is 0.142 e. The fourth-order valence-electron chi connectivity index (χ4n) is 1.99. The van der Waals surface area contributed by atoms with Crippen molar-refractivity contribution in [1.29, 1.82) is 0 Å². The molecule has 16 heavy (non-hydrogen) atoms. The predicted molar refractivity (Wildman–Crippen MR) is 65.2 cm³/mol. The van der Waals surface area contributed by atoms with E-state index in [0.717, 1.165) is 37.5 Å². The molecular formula is C13H19NO2. The average Bonchev–Trinajstić information content (AvgIpc) is 2.33. The molecule has 3 heteroatoms. The van der Waals surface area contributed by atoms with E-state index in [1.54, 1.807) is 7.11 Å². The van der Waals surface area contributed by atoms with Crippen LogP contribution in [0.3, 0.4) is 0 Å². The predicted octanol–water partition coefficient (Wildman–Crippen LogP) is 2.59. The lowest BCUT2D eigenvalue weighted by Crippen LogP contribution is -2.30. The lowest BCUT2D eigenvalue weighted by atomic mass is 10.1. The Balaban J connectivity index is 2.07. The van der Waals surface area contributed by atoms with Crippen molar-refractivity contribution < 1.29 is 9.47 Å².